The Morgan fingerprint density at radius 1 is 1.25 bits per heavy atom. The average molecular weight is 225 g/mol. The van der Waals surface area contributed by atoms with Gasteiger partial charge in [-0.2, -0.15) is 0 Å². The van der Waals surface area contributed by atoms with Gasteiger partial charge in [-0.05, 0) is 32.2 Å². The number of nitrogens with zero attached hydrogens (tertiary/aromatic N) is 2. The van der Waals surface area contributed by atoms with Crippen molar-refractivity contribution in [2.45, 2.75) is 53.0 Å². The minimum Gasteiger partial charge on any atom is -0.424 e. The second-order valence-corrected chi connectivity index (χ2v) is 4.64. The van der Waals surface area contributed by atoms with Gasteiger partial charge in [-0.15, -0.1) is 10.2 Å². The molecule has 1 aromatic heterocycles. The van der Waals surface area contributed by atoms with Crippen LogP contribution in [0.5, 0.6) is 0 Å². The molecule has 1 rings (SSSR count). The lowest BCUT2D eigenvalue weighted by Crippen LogP contribution is -2.19. The van der Waals surface area contributed by atoms with Gasteiger partial charge in [0, 0.05) is 6.42 Å². The van der Waals surface area contributed by atoms with Crippen molar-refractivity contribution in [1.82, 2.24) is 15.5 Å². The van der Waals surface area contributed by atoms with E-state index in [-0.39, 0.29) is 6.04 Å². The van der Waals surface area contributed by atoms with Crippen molar-refractivity contribution in [2.75, 3.05) is 6.54 Å². The third-order valence-electron chi connectivity index (χ3n) is 2.49. The molecule has 0 saturated carbocycles. The van der Waals surface area contributed by atoms with Crippen molar-refractivity contribution in [3.63, 3.8) is 0 Å². The van der Waals surface area contributed by atoms with Crippen molar-refractivity contribution in [2.24, 2.45) is 5.92 Å². The zero-order valence-corrected chi connectivity index (χ0v) is 10.8. The van der Waals surface area contributed by atoms with Gasteiger partial charge in [0.15, 0.2) is 0 Å². The van der Waals surface area contributed by atoms with Gasteiger partial charge in [-0.1, -0.05) is 20.8 Å². The molecule has 4 nitrogen and oxygen atoms in total. The Morgan fingerprint density at radius 2 is 2.00 bits per heavy atom. The lowest BCUT2D eigenvalue weighted by molar-refractivity contribution is 0.385. The molecule has 0 aliphatic rings. The molecule has 16 heavy (non-hydrogen) atoms. The summed E-state index contributed by atoms with van der Waals surface area (Å²) in [7, 11) is 0. The molecule has 0 aliphatic carbocycles. The van der Waals surface area contributed by atoms with Crippen LogP contribution in [-0.4, -0.2) is 16.7 Å². The monoisotopic (exact) mass is 225 g/mol. The summed E-state index contributed by atoms with van der Waals surface area (Å²) in [6, 6.07) is 0.153. The lowest BCUT2D eigenvalue weighted by atomic mass is 10.1. The number of nitrogens with one attached hydrogen (secondary N) is 1. The Morgan fingerprint density at radius 3 is 2.62 bits per heavy atom. The summed E-state index contributed by atoms with van der Waals surface area (Å²) < 4.78 is 5.61. The maximum absolute atomic E-state index is 5.61. The Labute approximate surface area is 97.8 Å². The second kappa shape index (κ2) is 6.63. The molecular weight excluding hydrogens is 202 g/mol. The Bertz CT molecular complexity index is 296. The molecule has 1 unspecified atom stereocenters. The molecule has 1 atom stereocenters. The number of rotatable bonds is 7. The van der Waals surface area contributed by atoms with E-state index >= 15 is 0 Å². The van der Waals surface area contributed by atoms with Gasteiger partial charge in [-0.25, -0.2) is 0 Å². The minimum atomic E-state index is 0.153. The fourth-order valence-corrected chi connectivity index (χ4v) is 1.40. The molecule has 0 radical (unpaired) electrons. The van der Waals surface area contributed by atoms with Crippen LogP contribution in [-0.2, 0) is 6.42 Å². The van der Waals surface area contributed by atoms with Gasteiger partial charge in [0.1, 0.15) is 0 Å². The van der Waals surface area contributed by atoms with E-state index < -0.39 is 0 Å². The van der Waals surface area contributed by atoms with Gasteiger partial charge in [0.25, 0.3) is 0 Å². The van der Waals surface area contributed by atoms with Crippen LogP contribution >= 0.6 is 0 Å². The molecule has 0 aromatic carbocycles. The van der Waals surface area contributed by atoms with Crippen LogP contribution in [0.2, 0.25) is 0 Å². The molecule has 0 aliphatic heterocycles. The third kappa shape index (κ3) is 4.31. The molecule has 0 saturated heterocycles. The first kappa shape index (κ1) is 13.2. The van der Waals surface area contributed by atoms with E-state index in [1.165, 1.54) is 0 Å². The van der Waals surface area contributed by atoms with E-state index in [0.29, 0.717) is 11.8 Å². The van der Waals surface area contributed by atoms with Gasteiger partial charge in [0.2, 0.25) is 11.8 Å². The molecule has 1 N–H and O–H groups in total. The maximum Gasteiger partial charge on any atom is 0.233 e. The molecule has 1 heterocycles. The molecule has 0 spiro atoms. The van der Waals surface area contributed by atoms with Crippen LogP contribution in [0.1, 0.15) is 58.4 Å². The van der Waals surface area contributed by atoms with Crippen LogP contribution in [0, 0.1) is 5.92 Å². The highest BCUT2D eigenvalue weighted by Crippen LogP contribution is 2.13. The van der Waals surface area contributed by atoms with Crippen LogP contribution in [0.3, 0.4) is 0 Å². The van der Waals surface area contributed by atoms with Crippen molar-refractivity contribution >= 4 is 0 Å². The summed E-state index contributed by atoms with van der Waals surface area (Å²) in [5.41, 5.74) is 0. The molecule has 0 amide bonds. The number of aromatic nitrogens is 2. The van der Waals surface area contributed by atoms with Crippen LogP contribution < -0.4 is 5.32 Å². The molecule has 0 fully saturated rings. The SMILES string of the molecule is CCCNC(C)c1nnc(CCC(C)C)o1. The third-order valence-corrected chi connectivity index (χ3v) is 2.49. The molecular formula is C12H23N3O. The quantitative estimate of drug-likeness (QED) is 0.775. The maximum atomic E-state index is 5.61. The predicted molar refractivity (Wildman–Crippen MR) is 64.2 cm³/mol. The minimum absolute atomic E-state index is 0.153. The fraction of sp³-hybridized carbons (Fsp3) is 0.833. The highest BCUT2D eigenvalue weighted by molar-refractivity contribution is 4.88. The van der Waals surface area contributed by atoms with Crippen molar-refractivity contribution in [1.29, 1.82) is 0 Å². The lowest BCUT2D eigenvalue weighted by Gasteiger charge is -2.07. The smallest absolute Gasteiger partial charge is 0.233 e. The molecule has 0 bridgehead atoms. The predicted octanol–water partition coefficient (Wildman–Crippen LogP) is 2.72. The van der Waals surface area contributed by atoms with E-state index in [9.17, 15) is 0 Å². The van der Waals surface area contributed by atoms with Gasteiger partial charge >= 0.3 is 0 Å². The summed E-state index contributed by atoms with van der Waals surface area (Å²) in [5, 5.41) is 11.5. The summed E-state index contributed by atoms with van der Waals surface area (Å²) in [4.78, 5) is 0. The van der Waals surface area contributed by atoms with E-state index in [0.717, 1.165) is 31.7 Å². The van der Waals surface area contributed by atoms with Crippen LogP contribution in [0.25, 0.3) is 0 Å². The highest BCUT2D eigenvalue weighted by atomic mass is 16.4. The normalized spacial score (nSPS) is 13.3. The van der Waals surface area contributed by atoms with Gasteiger partial charge in [-0.3, -0.25) is 0 Å². The summed E-state index contributed by atoms with van der Waals surface area (Å²) in [5.74, 6) is 2.13. The van der Waals surface area contributed by atoms with Crippen LogP contribution in [0.4, 0.5) is 0 Å². The number of hydrogen-bond donors (Lipinski definition) is 1. The summed E-state index contributed by atoms with van der Waals surface area (Å²) in [6.45, 7) is 9.56. The van der Waals surface area contributed by atoms with Crippen molar-refractivity contribution in [3.05, 3.63) is 11.8 Å². The largest absolute Gasteiger partial charge is 0.424 e. The Hall–Kier alpha value is -0.900. The summed E-state index contributed by atoms with van der Waals surface area (Å²) >= 11 is 0. The number of aryl methyl sites for hydroxylation is 1. The number of hydrogen-bond acceptors (Lipinski definition) is 4. The van der Waals surface area contributed by atoms with E-state index in [2.05, 4.69) is 43.2 Å². The zero-order valence-electron chi connectivity index (χ0n) is 10.8. The fourth-order valence-electron chi connectivity index (χ4n) is 1.40. The zero-order chi connectivity index (χ0) is 12.0. The Balaban J connectivity index is 2.43. The molecule has 92 valence electrons. The first-order chi connectivity index (χ1) is 7.63. The average Bonchev–Trinajstić information content (AvgIpc) is 2.71. The molecule has 1 aromatic rings. The summed E-state index contributed by atoms with van der Waals surface area (Å²) in [6.07, 6.45) is 3.09. The van der Waals surface area contributed by atoms with Crippen molar-refractivity contribution < 1.29 is 4.42 Å². The Kier molecular flexibility index (Phi) is 5.46. The second-order valence-electron chi connectivity index (χ2n) is 4.64. The van der Waals surface area contributed by atoms with Gasteiger partial charge < -0.3 is 9.73 Å². The van der Waals surface area contributed by atoms with E-state index in [1.54, 1.807) is 0 Å². The van der Waals surface area contributed by atoms with Crippen molar-refractivity contribution in [3.8, 4) is 0 Å². The highest BCUT2D eigenvalue weighted by Gasteiger charge is 2.12. The van der Waals surface area contributed by atoms with E-state index in [4.69, 9.17) is 4.42 Å². The van der Waals surface area contributed by atoms with Gasteiger partial charge in [0.05, 0.1) is 6.04 Å². The molecule has 4 heteroatoms. The first-order valence-electron chi connectivity index (χ1n) is 6.19. The first-order valence-corrected chi connectivity index (χ1v) is 6.19. The van der Waals surface area contributed by atoms with Crippen LogP contribution in [0.15, 0.2) is 4.42 Å². The topological polar surface area (TPSA) is 51.0 Å². The van der Waals surface area contributed by atoms with E-state index in [1.807, 2.05) is 0 Å². The standard InChI is InChI=1S/C12H23N3O/c1-5-8-13-10(4)12-15-14-11(16-12)7-6-9(2)3/h9-10,13H,5-8H2,1-4H3.